The summed E-state index contributed by atoms with van der Waals surface area (Å²) in [6, 6.07) is 19.5. The van der Waals surface area contributed by atoms with E-state index in [1.54, 1.807) is 36.4 Å². The predicted molar refractivity (Wildman–Crippen MR) is 178 cm³/mol. The Balaban J connectivity index is 1.59. The van der Waals surface area contributed by atoms with Crippen molar-refractivity contribution in [3.63, 3.8) is 0 Å². The number of nitrogens with zero attached hydrogens (tertiary/aromatic N) is 10. The van der Waals surface area contributed by atoms with Crippen molar-refractivity contribution in [3.05, 3.63) is 125 Å². The summed E-state index contributed by atoms with van der Waals surface area (Å²) in [4.78, 5) is 78.3. The first kappa shape index (κ1) is 31.8. The summed E-state index contributed by atoms with van der Waals surface area (Å²) < 4.78 is -0.998. The molecule has 6 aromatic rings. The number of rotatable bonds is 6. The summed E-state index contributed by atoms with van der Waals surface area (Å²) in [5.41, 5.74) is -2.29. The Labute approximate surface area is 295 Å². The normalized spacial score (nSPS) is 12.1. The van der Waals surface area contributed by atoms with E-state index >= 15 is 0 Å². The average molecular weight is 748 g/mol. The van der Waals surface area contributed by atoms with Gasteiger partial charge in [0.2, 0.25) is 0 Å². The molecule has 0 radical (unpaired) electrons. The fourth-order valence-corrected chi connectivity index (χ4v) is 6.62. The first-order valence-electron chi connectivity index (χ1n) is 14.9. The van der Waals surface area contributed by atoms with E-state index in [2.05, 4.69) is 29.9 Å². The molecule has 52 heavy (non-hydrogen) atoms. The monoisotopic (exact) mass is 746 g/mol. The Morgan fingerprint density at radius 2 is 1.13 bits per heavy atom. The number of nitro benzene ring substituents is 1. The van der Waals surface area contributed by atoms with Crippen LogP contribution in [0, 0.1) is 40.5 Å². The predicted octanol–water partition coefficient (Wildman–Crippen LogP) is 4.80. The molecule has 0 fully saturated rings. The number of nitro groups is 4. The number of H-pyrrole nitrogens is 2. The van der Waals surface area contributed by atoms with Crippen LogP contribution in [-0.2, 0) is 17.9 Å². The zero-order chi connectivity index (χ0) is 36.4. The number of hydrogen-bond acceptors (Lipinski definition) is 14. The molecule has 21 heteroatoms. The van der Waals surface area contributed by atoms with E-state index in [4.69, 9.17) is 9.97 Å². The molecule has 0 unspecified atom stereocenters. The Bertz CT molecular complexity index is 2870. The summed E-state index contributed by atoms with van der Waals surface area (Å²) in [6.07, 6.45) is 0. The Kier molecular flexibility index (Phi) is 7.27. The van der Waals surface area contributed by atoms with Crippen molar-refractivity contribution in [2.45, 2.75) is 0 Å². The van der Waals surface area contributed by atoms with Gasteiger partial charge in [0.25, 0.3) is 0 Å². The molecule has 0 spiro atoms. The van der Waals surface area contributed by atoms with Gasteiger partial charge in [0.15, 0.2) is 0 Å². The van der Waals surface area contributed by atoms with Crippen molar-refractivity contribution in [1.82, 2.24) is 39.9 Å². The number of hydrogen-bond donors (Lipinski definition) is 2. The van der Waals surface area contributed by atoms with Crippen molar-refractivity contribution >= 4 is 49.0 Å². The van der Waals surface area contributed by atoms with Gasteiger partial charge in [-0.05, 0) is 0 Å². The summed E-state index contributed by atoms with van der Waals surface area (Å²) in [6.45, 7) is 0. The van der Waals surface area contributed by atoms with Gasteiger partial charge >= 0.3 is 267 Å². The second-order valence-corrected chi connectivity index (χ2v) is 12.6. The molecule has 248 valence electrons. The number of fused-ring (bicyclic) bond motifs is 17. The second kappa shape index (κ2) is 11.9. The first-order chi connectivity index (χ1) is 25.0. The van der Waals surface area contributed by atoms with Crippen molar-refractivity contribution in [1.29, 1.82) is 0 Å². The van der Waals surface area contributed by atoms with Crippen LogP contribution in [-0.4, -0.2) is 63.8 Å². The molecule has 20 nitrogen and oxygen atoms in total. The molecule has 3 aromatic heterocycles. The first-order valence-corrected chi connectivity index (χ1v) is 16.4. The molecule has 5 heterocycles. The van der Waals surface area contributed by atoms with Crippen LogP contribution in [0.1, 0.15) is 5.56 Å². The van der Waals surface area contributed by atoms with E-state index in [-0.39, 0.29) is 40.1 Å². The van der Waals surface area contributed by atoms with Gasteiger partial charge in [-0.25, -0.2) is 0 Å². The van der Waals surface area contributed by atoms with Gasteiger partial charge in [-0.2, -0.15) is 0 Å². The number of nitrogens with one attached hydrogen (secondary N) is 2. The zero-order valence-electron chi connectivity index (χ0n) is 25.9. The Morgan fingerprint density at radius 1 is 0.577 bits per heavy atom. The van der Waals surface area contributed by atoms with Crippen molar-refractivity contribution in [3.8, 4) is 45.6 Å². The maximum absolute atomic E-state index is 12.6. The molecule has 8 rings (SSSR count). The van der Waals surface area contributed by atoms with E-state index < -0.39 is 70.1 Å². The standard InChI is InChI=1S/C31H14N12O8.Zn/c44-40(45)13-21(42(48)49)24(43(50)51)19-12-22-32-25-14-6-1-2-7-15(14)26(34-25)35-27-16-8-3-4-9-17(16)28(36-27)37-29-18-10-5-11-20(41(46)47)23(18)31(38-29)39-30(19)33-22;/h1-12H,(H2,32,33,34,35,36,37,38,39);/b24-21-;. The van der Waals surface area contributed by atoms with Crippen LogP contribution in [0.4, 0.5) is 5.69 Å². The van der Waals surface area contributed by atoms with Crippen LogP contribution in [0.3, 0.4) is 0 Å². The van der Waals surface area contributed by atoms with Gasteiger partial charge in [-0.15, -0.1) is 0 Å². The minimum absolute atomic E-state index is 0.0146. The van der Waals surface area contributed by atoms with Gasteiger partial charge in [-0.1, -0.05) is 24.3 Å². The van der Waals surface area contributed by atoms with Crippen LogP contribution >= 0.6 is 0 Å². The third-order valence-electron chi connectivity index (χ3n) is 8.21. The third kappa shape index (κ3) is 5.07. The summed E-state index contributed by atoms with van der Waals surface area (Å²) in [7, 11) is 0. The fraction of sp³-hybridized carbons (Fsp3) is 0. The van der Waals surface area contributed by atoms with Gasteiger partial charge in [0.05, 0.1) is 0 Å². The number of aromatic amines is 2. The topological polar surface area (TPSA) is 281 Å². The summed E-state index contributed by atoms with van der Waals surface area (Å²) in [5, 5.41) is 50.0. The zero-order valence-corrected chi connectivity index (χ0v) is 28.8. The average Bonchev–Trinajstić information content (AvgIpc) is 3.86. The van der Waals surface area contributed by atoms with E-state index in [1.807, 2.05) is 12.1 Å². The summed E-state index contributed by atoms with van der Waals surface area (Å²) in [5.74, 6) is 0.0293. The maximum atomic E-state index is 12.6. The van der Waals surface area contributed by atoms with Crippen LogP contribution < -0.4 is 0 Å². The van der Waals surface area contributed by atoms with Crippen LogP contribution in [0.2, 0.25) is 0 Å². The van der Waals surface area contributed by atoms with Crippen LogP contribution in [0.25, 0.3) is 84.6 Å². The van der Waals surface area contributed by atoms with Crippen molar-refractivity contribution in [2.24, 2.45) is 0 Å². The Hall–Kier alpha value is -7.41. The molecular formula is C31H14N12O8Zn. The van der Waals surface area contributed by atoms with Crippen LogP contribution in [0.15, 0.2) is 78.5 Å². The molecule has 0 atom stereocenters. The van der Waals surface area contributed by atoms with Gasteiger partial charge in [-0.3, -0.25) is 0 Å². The van der Waals surface area contributed by atoms with Crippen LogP contribution in [0.5, 0.6) is 0 Å². The molecule has 2 N–H and O–H groups in total. The molecule has 2 aliphatic rings. The summed E-state index contributed by atoms with van der Waals surface area (Å²) >= 11 is -0.411. The van der Waals surface area contributed by atoms with Gasteiger partial charge in [0.1, 0.15) is 0 Å². The third-order valence-corrected chi connectivity index (χ3v) is 9.46. The molecule has 3 aromatic carbocycles. The molecule has 0 amide bonds. The minimum atomic E-state index is -1.36. The SMILES string of the molecule is O=[N+]([O-])[C](=[Zn])/C(=C(\c1cc2nc3nc(nc4[nH]c(nc5nc(nc1[nH]2)-c1c-5cccc1[N+](=O)[O-])c1ccccc41)-c1ccccc1-3)[N+](=O)[O-])[N+](=O)[O-]. The molecule has 0 saturated heterocycles. The fourth-order valence-electron chi connectivity index (χ4n) is 6.00. The molecule has 0 aliphatic carbocycles. The Morgan fingerprint density at radius 3 is 1.73 bits per heavy atom. The number of aromatic nitrogens is 8. The molecule has 8 bridgehead atoms. The second-order valence-electron chi connectivity index (χ2n) is 11.2. The van der Waals surface area contributed by atoms with Crippen molar-refractivity contribution in [2.75, 3.05) is 0 Å². The molecule has 0 saturated carbocycles. The number of benzene rings is 3. The molecule has 2 aliphatic heterocycles. The van der Waals surface area contributed by atoms with E-state index in [0.717, 1.165) is 6.07 Å². The van der Waals surface area contributed by atoms with E-state index in [0.29, 0.717) is 33.2 Å². The molecular weight excluding hydrogens is 734 g/mol. The van der Waals surface area contributed by atoms with Crippen molar-refractivity contribution < 1.29 is 37.5 Å². The van der Waals surface area contributed by atoms with Gasteiger partial charge < -0.3 is 0 Å². The van der Waals surface area contributed by atoms with E-state index in [1.165, 1.54) is 18.2 Å². The van der Waals surface area contributed by atoms with E-state index in [9.17, 15) is 40.5 Å². The van der Waals surface area contributed by atoms with Gasteiger partial charge in [0, 0.05) is 5.39 Å². The quantitative estimate of drug-likeness (QED) is 0.131.